The van der Waals surface area contributed by atoms with Crippen LogP contribution in [0, 0.1) is 23.0 Å². The summed E-state index contributed by atoms with van der Waals surface area (Å²) in [5.41, 5.74) is 2.33. The summed E-state index contributed by atoms with van der Waals surface area (Å²) in [4.78, 5) is 1.05. The lowest BCUT2D eigenvalue weighted by Crippen LogP contribution is -2.51. The molecule has 0 aliphatic carbocycles. The molecule has 3 rings (SSSR count). The normalized spacial score (nSPS) is 12.4. The zero-order chi connectivity index (χ0) is 23.1. The van der Waals surface area contributed by atoms with E-state index in [1.165, 1.54) is 23.9 Å². The Balaban J connectivity index is 2.18. The van der Waals surface area contributed by atoms with Gasteiger partial charge in [-0.05, 0) is 69.1 Å². The second kappa shape index (κ2) is 9.09. The van der Waals surface area contributed by atoms with E-state index in [9.17, 15) is 4.39 Å². The molecule has 1 aromatic heterocycles. The van der Waals surface area contributed by atoms with Crippen molar-refractivity contribution >= 4 is 46.8 Å². The molecule has 0 aliphatic heterocycles. The molecule has 0 N–H and O–H groups in total. The van der Waals surface area contributed by atoms with Gasteiger partial charge in [-0.3, -0.25) is 0 Å². The maximum absolute atomic E-state index is 15.4. The van der Waals surface area contributed by atoms with Crippen molar-refractivity contribution in [3.63, 3.8) is 0 Å². The van der Waals surface area contributed by atoms with Gasteiger partial charge < -0.3 is 4.23 Å². The minimum absolute atomic E-state index is 0.0460. The molecule has 0 spiro atoms. The molecule has 0 atom stereocenters. The maximum atomic E-state index is 15.4. The molecule has 0 aliphatic rings. The third-order valence-corrected chi connectivity index (χ3v) is 15.3. The van der Waals surface area contributed by atoms with Crippen LogP contribution in [0.15, 0.2) is 50.8 Å². The standard InChI is InChI=1S/C24H27BrF2N2SSi/c1-14(2)31(15(3)4,16(5)6)29-10-9-19-22(29)12-21(27)24(23(19)25)30-18-7-8-20(26)17(11-18)13-28/h7-12,14-16H,1-6H3. The second-order valence-corrected chi connectivity index (χ2v) is 16.4. The van der Waals surface area contributed by atoms with Crippen molar-refractivity contribution in [2.75, 3.05) is 0 Å². The molecule has 7 heteroatoms. The van der Waals surface area contributed by atoms with Gasteiger partial charge in [0, 0.05) is 20.3 Å². The first-order valence-corrected chi connectivity index (χ1v) is 14.2. The van der Waals surface area contributed by atoms with Crippen LogP contribution in [-0.4, -0.2) is 12.5 Å². The smallest absolute Gasteiger partial charge is 0.169 e. The summed E-state index contributed by atoms with van der Waals surface area (Å²) in [6.45, 7) is 13.7. The Morgan fingerprint density at radius 2 is 1.58 bits per heavy atom. The number of halogens is 3. The fourth-order valence-electron chi connectivity index (χ4n) is 5.23. The van der Waals surface area contributed by atoms with Gasteiger partial charge in [0.1, 0.15) is 17.7 Å². The fraction of sp³-hybridized carbons (Fsp3) is 0.375. The van der Waals surface area contributed by atoms with Gasteiger partial charge in [-0.15, -0.1) is 0 Å². The minimum atomic E-state index is -2.03. The summed E-state index contributed by atoms with van der Waals surface area (Å²) in [5, 5.41) is 10.1. The summed E-state index contributed by atoms with van der Waals surface area (Å²) >= 11 is 4.83. The lowest BCUT2D eigenvalue weighted by Gasteiger charge is -2.44. The van der Waals surface area contributed by atoms with E-state index in [-0.39, 0.29) is 11.4 Å². The minimum Gasteiger partial charge on any atom is -0.373 e. The maximum Gasteiger partial charge on any atom is 0.169 e. The number of benzene rings is 2. The first-order valence-electron chi connectivity index (χ1n) is 10.4. The van der Waals surface area contributed by atoms with Crippen LogP contribution in [0.4, 0.5) is 8.78 Å². The average molecular weight is 522 g/mol. The molecule has 164 valence electrons. The number of nitriles is 1. The molecule has 0 fully saturated rings. The zero-order valence-electron chi connectivity index (χ0n) is 18.6. The first kappa shape index (κ1) is 24.0. The number of fused-ring (bicyclic) bond motifs is 1. The fourth-order valence-corrected chi connectivity index (χ4v) is 13.5. The molecule has 0 radical (unpaired) electrons. The topological polar surface area (TPSA) is 28.7 Å². The predicted molar refractivity (Wildman–Crippen MR) is 131 cm³/mol. The van der Waals surface area contributed by atoms with Gasteiger partial charge in [-0.25, -0.2) is 8.78 Å². The molecule has 0 saturated carbocycles. The molecule has 0 amide bonds. The van der Waals surface area contributed by atoms with Crippen LogP contribution in [0.5, 0.6) is 0 Å². The Hall–Kier alpha value is -1.62. The summed E-state index contributed by atoms with van der Waals surface area (Å²) in [5.74, 6) is -0.900. The van der Waals surface area contributed by atoms with Crippen LogP contribution >= 0.6 is 27.7 Å². The van der Waals surface area contributed by atoms with E-state index in [4.69, 9.17) is 5.26 Å². The molecule has 2 aromatic carbocycles. The summed E-state index contributed by atoms with van der Waals surface area (Å²) < 4.78 is 32.1. The lowest BCUT2D eigenvalue weighted by molar-refractivity contribution is 0.602. The van der Waals surface area contributed by atoms with E-state index >= 15 is 4.39 Å². The Kier molecular flexibility index (Phi) is 7.04. The van der Waals surface area contributed by atoms with E-state index in [2.05, 4.69) is 74.0 Å². The van der Waals surface area contributed by atoms with Crippen LogP contribution in [0.3, 0.4) is 0 Å². The molecule has 0 saturated heterocycles. The van der Waals surface area contributed by atoms with Gasteiger partial charge in [0.2, 0.25) is 0 Å². The first-order chi connectivity index (χ1) is 14.5. The van der Waals surface area contributed by atoms with E-state index < -0.39 is 14.1 Å². The third-order valence-electron chi connectivity index (χ3n) is 6.31. The quantitative estimate of drug-likeness (QED) is 0.304. The van der Waals surface area contributed by atoms with E-state index in [0.717, 1.165) is 10.9 Å². The van der Waals surface area contributed by atoms with Crippen LogP contribution in [-0.2, 0) is 0 Å². The Morgan fingerprint density at radius 1 is 0.968 bits per heavy atom. The molecular formula is C24H27BrF2N2SSi. The predicted octanol–water partition coefficient (Wildman–Crippen LogP) is 8.73. The van der Waals surface area contributed by atoms with E-state index in [1.807, 2.05) is 6.07 Å². The van der Waals surface area contributed by atoms with Crippen LogP contribution in [0.2, 0.25) is 16.6 Å². The molecule has 0 bridgehead atoms. The highest BCUT2D eigenvalue weighted by Gasteiger charge is 2.45. The number of nitrogens with zero attached hydrogens (tertiary/aromatic N) is 2. The number of aromatic nitrogens is 1. The Bertz CT molecular complexity index is 1140. The van der Waals surface area contributed by atoms with Crippen molar-refractivity contribution in [2.24, 2.45) is 0 Å². The molecule has 2 nitrogen and oxygen atoms in total. The largest absolute Gasteiger partial charge is 0.373 e. The van der Waals surface area contributed by atoms with Crippen LogP contribution < -0.4 is 0 Å². The highest BCUT2D eigenvalue weighted by Crippen LogP contribution is 2.47. The molecule has 3 aromatic rings. The highest BCUT2D eigenvalue weighted by molar-refractivity contribution is 9.10. The van der Waals surface area contributed by atoms with Gasteiger partial charge in [0.05, 0.1) is 10.5 Å². The Morgan fingerprint density at radius 3 is 2.13 bits per heavy atom. The summed E-state index contributed by atoms with van der Waals surface area (Å²) in [6, 6.07) is 9.79. The monoisotopic (exact) mass is 520 g/mol. The van der Waals surface area contributed by atoms with E-state index in [0.29, 0.717) is 30.9 Å². The third kappa shape index (κ3) is 3.99. The molecular weight excluding hydrogens is 494 g/mol. The molecule has 0 unspecified atom stereocenters. The molecule has 31 heavy (non-hydrogen) atoms. The van der Waals surface area contributed by atoms with Crippen molar-refractivity contribution in [3.8, 4) is 6.07 Å². The van der Waals surface area contributed by atoms with Crippen molar-refractivity contribution in [1.82, 2.24) is 4.23 Å². The van der Waals surface area contributed by atoms with Gasteiger partial charge >= 0.3 is 0 Å². The molecule has 1 heterocycles. The number of hydrogen-bond donors (Lipinski definition) is 0. The summed E-state index contributed by atoms with van der Waals surface area (Å²) in [7, 11) is -2.03. The van der Waals surface area contributed by atoms with Gasteiger partial charge in [0.15, 0.2) is 8.24 Å². The highest BCUT2D eigenvalue weighted by atomic mass is 79.9. The summed E-state index contributed by atoms with van der Waals surface area (Å²) in [6.07, 6.45) is 2.13. The van der Waals surface area contributed by atoms with Crippen LogP contribution in [0.25, 0.3) is 10.9 Å². The second-order valence-electron chi connectivity index (χ2n) is 8.83. The number of hydrogen-bond acceptors (Lipinski definition) is 2. The SMILES string of the molecule is CC(C)[Si](C(C)C)(C(C)C)n1ccc2c(Br)c(Sc3ccc(F)c(C#N)c3)c(F)cc21. The Labute approximate surface area is 196 Å². The number of rotatable bonds is 6. The average Bonchev–Trinajstić information content (AvgIpc) is 3.10. The van der Waals surface area contributed by atoms with Crippen molar-refractivity contribution < 1.29 is 8.78 Å². The van der Waals surface area contributed by atoms with Crippen molar-refractivity contribution in [1.29, 1.82) is 5.26 Å². The van der Waals surface area contributed by atoms with Gasteiger partial charge in [-0.1, -0.05) is 53.3 Å². The van der Waals surface area contributed by atoms with E-state index in [1.54, 1.807) is 12.1 Å². The lowest BCUT2D eigenvalue weighted by atomic mass is 10.2. The zero-order valence-corrected chi connectivity index (χ0v) is 22.0. The van der Waals surface area contributed by atoms with Gasteiger partial charge in [-0.2, -0.15) is 5.26 Å². The van der Waals surface area contributed by atoms with Gasteiger partial charge in [0.25, 0.3) is 0 Å². The van der Waals surface area contributed by atoms with Crippen molar-refractivity contribution in [2.45, 2.75) is 68.0 Å². The van der Waals surface area contributed by atoms with Crippen molar-refractivity contribution in [3.05, 3.63) is 58.2 Å². The van der Waals surface area contributed by atoms with Crippen LogP contribution in [0.1, 0.15) is 47.1 Å².